The second-order valence-corrected chi connectivity index (χ2v) is 5.01. The van der Waals surface area contributed by atoms with Crippen molar-refractivity contribution in [2.45, 2.75) is 18.3 Å². The van der Waals surface area contributed by atoms with Gasteiger partial charge >= 0.3 is 0 Å². The standard InChI is InChI=1S/C15H16N2O3/c1-14(19-9-10-20-14)12-3-4-13(16-11-12)15(18)5-7-17(2)8-6-15/h3-11,18H,1-2H3. The lowest BCUT2D eigenvalue weighted by molar-refractivity contribution is -0.133. The van der Waals surface area contributed by atoms with Gasteiger partial charge in [0, 0.05) is 32.6 Å². The highest BCUT2D eigenvalue weighted by atomic mass is 16.7. The number of pyridine rings is 1. The van der Waals surface area contributed by atoms with Gasteiger partial charge in [-0.05, 0) is 24.3 Å². The maximum Gasteiger partial charge on any atom is 0.275 e. The Morgan fingerprint density at radius 2 is 1.80 bits per heavy atom. The molecule has 0 amide bonds. The van der Waals surface area contributed by atoms with Gasteiger partial charge < -0.3 is 19.5 Å². The number of aliphatic hydroxyl groups is 1. The molecule has 1 aromatic rings. The summed E-state index contributed by atoms with van der Waals surface area (Å²) in [6, 6.07) is 3.61. The predicted octanol–water partition coefficient (Wildman–Crippen LogP) is 1.93. The highest BCUT2D eigenvalue weighted by Gasteiger charge is 2.33. The summed E-state index contributed by atoms with van der Waals surface area (Å²) in [4.78, 5) is 6.19. The molecule has 1 aromatic heterocycles. The molecule has 0 bridgehead atoms. The fourth-order valence-electron chi connectivity index (χ4n) is 2.12. The molecule has 0 unspecified atom stereocenters. The summed E-state index contributed by atoms with van der Waals surface area (Å²) in [5, 5.41) is 10.5. The van der Waals surface area contributed by atoms with E-state index in [4.69, 9.17) is 9.47 Å². The summed E-state index contributed by atoms with van der Waals surface area (Å²) in [7, 11) is 1.89. The lowest BCUT2D eigenvalue weighted by Gasteiger charge is -2.27. The Morgan fingerprint density at radius 3 is 2.35 bits per heavy atom. The van der Waals surface area contributed by atoms with E-state index in [1.807, 2.05) is 24.9 Å². The van der Waals surface area contributed by atoms with E-state index in [0.29, 0.717) is 5.69 Å². The van der Waals surface area contributed by atoms with Crippen molar-refractivity contribution in [3.8, 4) is 0 Å². The molecule has 0 spiro atoms. The topological polar surface area (TPSA) is 54.8 Å². The quantitative estimate of drug-likeness (QED) is 0.891. The number of aromatic nitrogens is 1. The molecule has 0 radical (unpaired) electrons. The molecular weight excluding hydrogens is 256 g/mol. The van der Waals surface area contributed by atoms with Crippen molar-refractivity contribution in [1.29, 1.82) is 0 Å². The van der Waals surface area contributed by atoms with Crippen LogP contribution in [-0.4, -0.2) is 22.0 Å². The van der Waals surface area contributed by atoms with Gasteiger partial charge in [-0.25, -0.2) is 0 Å². The third-order valence-electron chi connectivity index (χ3n) is 3.47. The minimum absolute atomic E-state index is 0.552. The predicted molar refractivity (Wildman–Crippen MR) is 72.8 cm³/mol. The molecule has 3 heterocycles. The molecule has 5 heteroatoms. The second kappa shape index (κ2) is 4.38. The van der Waals surface area contributed by atoms with Crippen LogP contribution in [0, 0.1) is 0 Å². The molecule has 20 heavy (non-hydrogen) atoms. The molecule has 0 saturated heterocycles. The van der Waals surface area contributed by atoms with Crippen LogP contribution in [0.2, 0.25) is 0 Å². The molecule has 2 aliphatic rings. The number of ether oxygens (including phenoxy) is 2. The van der Waals surface area contributed by atoms with E-state index in [0.717, 1.165) is 5.56 Å². The first-order valence-corrected chi connectivity index (χ1v) is 6.33. The van der Waals surface area contributed by atoms with E-state index in [2.05, 4.69) is 4.98 Å². The van der Waals surface area contributed by atoms with Crippen LogP contribution in [-0.2, 0) is 20.9 Å². The lowest BCUT2D eigenvalue weighted by Crippen LogP contribution is -2.27. The maximum absolute atomic E-state index is 10.5. The zero-order valence-electron chi connectivity index (χ0n) is 11.4. The van der Waals surface area contributed by atoms with Gasteiger partial charge in [-0.1, -0.05) is 0 Å². The highest BCUT2D eigenvalue weighted by Crippen LogP contribution is 2.32. The van der Waals surface area contributed by atoms with Crippen molar-refractivity contribution < 1.29 is 14.6 Å². The first kappa shape index (κ1) is 12.7. The first-order valence-electron chi connectivity index (χ1n) is 6.33. The smallest absolute Gasteiger partial charge is 0.275 e. The van der Waals surface area contributed by atoms with Crippen molar-refractivity contribution in [2.24, 2.45) is 0 Å². The first-order chi connectivity index (χ1) is 9.52. The normalized spacial score (nSPS) is 21.6. The van der Waals surface area contributed by atoms with E-state index in [9.17, 15) is 5.11 Å². The summed E-state index contributed by atoms with van der Waals surface area (Å²) in [5.41, 5.74) is 0.161. The molecule has 0 saturated carbocycles. The molecule has 3 rings (SSSR count). The van der Waals surface area contributed by atoms with Crippen molar-refractivity contribution in [1.82, 2.24) is 9.88 Å². The van der Waals surface area contributed by atoms with Gasteiger partial charge in [0.2, 0.25) is 0 Å². The van der Waals surface area contributed by atoms with Gasteiger partial charge in [-0.15, -0.1) is 0 Å². The van der Waals surface area contributed by atoms with Gasteiger partial charge in [0.05, 0.1) is 11.3 Å². The van der Waals surface area contributed by atoms with Crippen LogP contribution in [0.5, 0.6) is 0 Å². The third-order valence-corrected chi connectivity index (χ3v) is 3.47. The van der Waals surface area contributed by atoms with Crippen molar-refractivity contribution in [3.05, 3.63) is 66.7 Å². The van der Waals surface area contributed by atoms with E-state index >= 15 is 0 Å². The number of hydrogen-bond donors (Lipinski definition) is 1. The summed E-state index contributed by atoms with van der Waals surface area (Å²) in [6.45, 7) is 1.81. The maximum atomic E-state index is 10.5. The molecule has 2 aliphatic heterocycles. The van der Waals surface area contributed by atoms with Crippen LogP contribution in [0.4, 0.5) is 0 Å². The Kier molecular flexibility index (Phi) is 2.79. The van der Waals surface area contributed by atoms with E-state index in [1.165, 1.54) is 12.5 Å². The minimum atomic E-state index is -1.18. The summed E-state index contributed by atoms with van der Waals surface area (Å²) >= 11 is 0. The van der Waals surface area contributed by atoms with E-state index in [-0.39, 0.29) is 0 Å². The fraction of sp³-hybridized carbons (Fsp3) is 0.267. The molecule has 0 fully saturated rings. The largest absolute Gasteiger partial charge is 0.453 e. The second-order valence-electron chi connectivity index (χ2n) is 5.01. The van der Waals surface area contributed by atoms with Gasteiger partial charge in [0.25, 0.3) is 5.79 Å². The zero-order valence-corrected chi connectivity index (χ0v) is 11.4. The van der Waals surface area contributed by atoms with Crippen LogP contribution in [0.15, 0.2) is 55.4 Å². The Balaban J connectivity index is 1.87. The van der Waals surface area contributed by atoms with Gasteiger partial charge in [0.15, 0.2) is 0 Å². The Morgan fingerprint density at radius 1 is 1.15 bits per heavy atom. The highest BCUT2D eigenvalue weighted by molar-refractivity contribution is 5.32. The van der Waals surface area contributed by atoms with Crippen LogP contribution < -0.4 is 0 Å². The number of hydrogen-bond acceptors (Lipinski definition) is 5. The van der Waals surface area contributed by atoms with Crippen LogP contribution in [0.1, 0.15) is 18.2 Å². The van der Waals surface area contributed by atoms with E-state index in [1.54, 1.807) is 36.8 Å². The molecule has 0 aliphatic carbocycles. The van der Waals surface area contributed by atoms with Crippen LogP contribution in [0.25, 0.3) is 0 Å². The molecule has 5 nitrogen and oxygen atoms in total. The number of nitrogens with zero attached hydrogens (tertiary/aromatic N) is 2. The third kappa shape index (κ3) is 2.06. The minimum Gasteiger partial charge on any atom is -0.453 e. The average molecular weight is 272 g/mol. The van der Waals surface area contributed by atoms with Crippen molar-refractivity contribution >= 4 is 0 Å². The van der Waals surface area contributed by atoms with Crippen LogP contribution in [0.3, 0.4) is 0 Å². The van der Waals surface area contributed by atoms with Crippen LogP contribution >= 0.6 is 0 Å². The summed E-state index contributed by atoms with van der Waals surface area (Å²) < 4.78 is 10.8. The fourth-order valence-corrected chi connectivity index (χ4v) is 2.12. The average Bonchev–Trinajstić information content (AvgIpc) is 2.91. The summed E-state index contributed by atoms with van der Waals surface area (Å²) in [5.74, 6) is -0.841. The SMILES string of the molecule is CN1C=CC(O)(c2ccc(C3(C)OC=CO3)cn2)C=C1. The van der Waals surface area contributed by atoms with Gasteiger partial charge in [-0.2, -0.15) is 0 Å². The van der Waals surface area contributed by atoms with Crippen molar-refractivity contribution in [3.63, 3.8) is 0 Å². The monoisotopic (exact) mass is 272 g/mol. The van der Waals surface area contributed by atoms with Crippen molar-refractivity contribution in [2.75, 3.05) is 7.05 Å². The summed E-state index contributed by atoms with van der Waals surface area (Å²) in [6.07, 6.45) is 11.6. The molecule has 0 atom stereocenters. The molecule has 0 aromatic carbocycles. The Labute approximate surface area is 117 Å². The lowest BCUT2D eigenvalue weighted by atomic mass is 9.96. The molecule has 104 valence electrons. The van der Waals surface area contributed by atoms with Gasteiger partial charge in [0.1, 0.15) is 18.1 Å². The number of rotatable bonds is 2. The van der Waals surface area contributed by atoms with Gasteiger partial charge in [-0.3, -0.25) is 4.98 Å². The Bertz CT molecular complexity index is 568. The molecule has 1 N–H and O–H groups in total. The zero-order chi connectivity index (χ0) is 14.2. The molecular formula is C15H16N2O3. The van der Waals surface area contributed by atoms with E-state index < -0.39 is 11.4 Å². The Hall–Kier alpha value is -2.27.